The van der Waals surface area contributed by atoms with Gasteiger partial charge in [0.2, 0.25) is 10.0 Å². The molecule has 0 fully saturated rings. The Morgan fingerprint density at radius 2 is 1.88 bits per heavy atom. The first-order valence-electron chi connectivity index (χ1n) is 6.34. The number of rotatable bonds is 4. The fourth-order valence-corrected chi connectivity index (χ4v) is 3.87. The number of alkyl halides is 3. The van der Waals surface area contributed by atoms with E-state index in [-0.39, 0.29) is 37.8 Å². The van der Waals surface area contributed by atoms with Gasteiger partial charge in [-0.05, 0) is 23.9 Å². The molecular weight excluding hydrogens is 438 g/mol. The van der Waals surface area contributed by atoms with E-state index < -0.39 is 27.3 Å². The minimum absolute atomic E-state index is 0.101. The lowest BCUT2D eigenvalue weighted by molar-refractivity contribution is -0.0328. The van der Waals surface area contributed by atoms with Crippen LogP contribution < -0.4 is 10.5 Å². The Labute approximate surface area is 159 Å². The summed E-state index contributed by atoms with van der Waals surface area (Å²) in [7, 11) is -3.78. The van der Waals surface area contributed by atoms with E-state index in [2.05, 4.69) is 5.10 Å². The molecule has 0 atom stereocenters. The average Bonchev–Trinajstić information content (AvgIpc) is 2.72. The number of benzene rings is 1. The number of aromatic nitrogens is 2. The standard InChI is InChI=1S/C12H8Cl2F3N5O2S2/c1-26(23,24)21-9-8(4-18)20-22(11(9)19)10-6(13)2-5(3-7(10)14)25-12(15,16)17/h2-3,21H,19H2,1H3. The van der Waals surface area contributed by atoms with Gasteiger partial charge in [-0.1, -0.05) is 23.2 Å². The minimum atomic E-state index is -4.54. The first kappa shape index (κ1) is 20.5. The van der Waals surface area contributed by atoms with Crippen LogP contribution in [0.15, 0.2) is 17.0 Å². The molecule has 0 aliphatic carbocycles. The summed E-state index contributed by atoms with van der Waals surface area (Å²) < 4.78 is 63.2. The van der Waals surface area contributed by atoms with Crippen molar-refractivity contribution < 1.29 is 21.6 Å². The Balaban J connectivity index is 2.61. The van der Waals surface area contributed by atoms with Gasteiger partial charge in [-0.3, -0.25) is 4.72 Å². The molecule has 0 saturated heterocycles. The predicted molar refractivity (Wildman–Crippen MR) is 93.1 cm³/mol. The van der Waals surface area contributed by atoms with Crippen LogP contribution in [0.5, 0.6) is 0 Å². The quantitative estimate of drug-likeness (QED) is 0.694. The molecule has 140 valence electrons. The van der Waals surface area contributed by atoms with Crippen LogP contribution in [0.2, 0.25) is 10.0 Å². The maximum atomic E-state index is 12.5. The second kappa shape index (κ2) is 7.07. The topological polar surface area (TPSA) is 114 Å². The van der Waals surface area contributed by atoms with Crippen molar-refractivity contribution in [1.82, 2.24) is 9.78 Å². The molecule has 2 rings (SSSR count). The molecule has 3 N–H and O–H groups in total. The Bertz CT molecular complexity index is 992. The number of hydrogen-bond donors (Lipinski definition) is 2. The largest absolute Gasteiger partial charge is 0.446 e. The zero-order valence-corrected chi connectivity index (χ0v) is 15.7. The maximum Gasteiger partial charge on any atom is 0.446 e. The van der Waals surface area contributed by atoms with Crippen LogP contribution in [0.1, 0.15) is 5.69 Å². The predicted octanol–water partition coefficient (Wildman–Crippen LogP) is 3.62. The summed E-state index contributed by atoms with van der Waals surface area (Å²) in [4.78, 5) is -0.267. The Hall–Kier alpha value is -1.81. The van der Waals surface area contributed by atoms with Crippen molar-refractivity contribution in [3.8, 4) is 11.8 Å². The van der Waals surface area contributed by atoms with Crippen LogP contribution in [0.4, 0.5) is 24.7 Å². The third-order valence-corrected chi connectivity index (χ3v) is 4.60. The summed E-state index contributed by atoms with van der Waals surface area (Å²) >= 11 is 11.6. The van der Waals surface area contributed by atoms with E-state index in [1.54, 1.807) is 6.07 Å². The molecule has 14 heteroatoms. The van der Waals surface area contributed by atoms with Crippen molar-refractivity contribution in [1.29, 1.82) is 5.26 Å². The number of nitrogens with zero attached hydrogens (tertiary/aromatic N) is 3. The summed E-state index contributed by atoms with van der Waals surface area (Å²) in [6, 6.07) is 3.65. The van der Waals surface area contributed by atoms with Crippen molar-refractivity contribution in [3.05, 3.63) is 27.9 Å². The first-order valence-corrected chi connectivity index (χ1v) is 9.80. The third-order valence-electron chi connectivity index (χ3n) is 2.75. The lowest BCUT2D eigenvalue weighted by Gasteiger charge is -2.12. The molecule has 0 unspecified atom stereocenters. The summed E-state index contributed by atoms with van der Waals surface area (Å²) in [5, 5.41) is 12.5. The number of thioether (sulfide) groups is 1. The van der Waals surface area contributed by atoms with Gasteiger partial charge >= 0.3 is 5.51 Å². The van der Waals surface area contributed by atoms with Gasteiger partial charge < -0.3 is 5.73 Å². The molecular formula is C12H8Cl2F3N5O2S2. The third kappa shape index (κ3) is 4.67. The van der Waals surface area contributed by atoms with Crippen LogP contribution >= 0.6 is 35.0 Å². The number of hydrogen-bond acceptors (Lipinski definition) is 6. The SMILES string of the molecule is CS(=O)(=O)Nc1c(C#N)nn(-c2c(Cl)cc(SC(F)(F)F)cc2Cl)c1N. The van der Waals surface area contributed by atoms with Crippen molar-refractivity contribution in [2.75, 3.05) is 16.7 Å². The number of halogens is 5. The number of nitriles is 1. The van der Waals surface area contributed by atoms with Crippen molar-refractivity contribution in [2.45, 2.75) is 10.4 Å². The highest BCUT2D eigenvalue weighted by atomic mass is 35.5. The number of anilines is 2. The molecule has 0 bridgehead atoms. The highest BCUT2D eigenvalue weighted by Crippen LogP contribution is 2.42. The van der Waals surface area contributed by atoms with Gasteiger partial charge in [0.1, 0.15) is 17.4 Å². The maximum absolute atomic E-state index is 12.5. The van der Waals surface area contributed by atoms with Crippen LogP contribution in [0.3, 0.4) is 0 Å². The second-order valence-corrected chi connectivity index (χ2v) is 8.49. The van der Waals surface area contributed by atoms with Crippen LogP contribution in [-0.2, 0) is 10.0 Å². The molecule has 2 aromatic rings. The molecule has 0 spiro atoms. The molecule has 26 heavy (non-hydrogen) atoms. The molecule has 0 amide bonds. The van der Waals surface area contributed by atoms with Crippen molar-refractivity contribution in [2.24, 2.45) is 0 Å². The van der Waals surface area contributed by atoms with E-state index in [1.165, 1.54) is 0 Å². The van der Waals surface area contributed by atoms with Crippen LogP contribution in [-0.4, -0.2) is 30.0 Å². The summed E-state index contributed by atoms with van der Waals surface area (Å²) in [5.74, 6) is -0.313. The second-order valence-electron chi connectivity index (χ2n) is 4.79. The number of nitrogens with one attached hydrogen (secondary N) is 1. The molecule has 0 radical (unpaired) electrons. The lowest BCUT2D eigenvalue weighted by Crippen LogP contribution is -2.12. The fraction of sp³-hybridized carbons (Fsp3) is 0.167. The zero-order chi connectivity index (χ0) is 19.9. The Morgan fingerprint density at radius 3 is 2.31 bits per heavy atom. The Morgan fingerprint density at radius 1 is 1.35 bits per heavy atom. The average molecular weight is 446 g/mol. The summed E-state index contributed by atoms with van der Waals surface area (Å²) in [6.45, 7) is 0. The van der Waals surface area contributed by atoms with Crippen molar-refractivity contribution in [3.63, 3.8) is 0 Å². The van der Waals surface area contributed by atoms with E-state index in [0.717, 1.165) is 23.1 Å². The highest BCUT2D eigenvalue weighted by molar-refractivity contribution is 8.00. The molecule has 0 aliphatic rings. The van der Waals surface area contributed by atoms with E-state index >= 15 is 0 Å². The van der Waals surface area contributed by atoms with Gasteiger partial charge in [0.15, 0.2) is 11.5 Å². The van der Waals surface area contributed by atoms with Gasteiger partial charge in [-0.15, -0.1) is 0 Å². The number of nitrogen functional groups attached to an aromatic ring is 1. The van der Waals surface area contributed by atoms with Gasteiger partial charge in [-0.25, -0.2) is 13.1 Å². The van der Waals surface area contributed by atoms with Gasteiger partial charge in [0.25, 0.3) is 0 Å². The number of sulfonamides is 1. The lowest BCUT2D eigenvalue weighted by atomic mass is 10.3. The van der Waals surface area contributed by atoms with E-state index in [4.69, 9.17) is 34.2 Å². The first-order chi connectivity index (χ1) is 11.8. The monoisotopic (exact) mass is 445 g/mol. The number of nitrogens with two attached hydrogens (primary N) is 1. The molecule has 0 aliphatic heterocycles. The van der Waals surface area contributed by atoms with Crippen LogP contribution in [0, 0.1) is 11.3 Å². The van der Waals surface area contributed by atoms with E-state index in [9.17, 15) is 21.6 Å². The van der Waals surface area contributed by atoms with Crippen LogP contribution in [0.25, 0.3) is 5.69 Å². The zero-order valence-electron chi connectivity index (χ0n) is 12.6. The van der Waals surface area contributed by atoms with Gasteiger partial charge in [-0.2, -0.15) is 23.5 Å². The fourth-order valence-electron chi connectivity index (χ4n) is 1.90. The molecule has 1 aromatic heterocycles. The van der Waals surface area contributed by atoms with Crippen molar-refractivity contribution >= 4 is 56.5 Å². The normalized spacial score (nSPS) is 12.0. The van der Waals surface area contributed by atoms with Gasteiger partial charge in [0, 0.05) is 4.90 Å². The smallest absolute Gasteiger partial charge is 0.382 e. The molecule has 1 heterocycles. The summed E-state index contributed by atoms with van der Waals surface area (Å²) in [6.07, 6.45) is 0.841. The van der Waals surface area contributed by atoms with Gasteiger partial charge in [0.05, 0.1) is 16.3 Å². The van der Waals surface area contributed by atoms with E-state index in [0.29, 0.717) is 0 Å². The highest BCUT2D eigenvalue weighted by Gasteiger charge is 2.30. The summed E-state index contributed by atoms with van der Waals surface area (Å²) in [5.41, 5.74) is 0.510. The molecule has 7 nitrogen and oxygen atoms in total. The minimum Gasteiger partial charge on any atom is -0.382 e. The molecule has 1 aromatic carbocycles. The molecule has 0 saturated carbocycles. The Kier molecular flexibility index (Phi) is 5.57. The van der Waals surface area contributed by atoms with E-state index in [1.807, 2.05) is 4.72 Å².